The molecule has 1 N–H and O–H groups in total. The summed E-state index contributed by atoms with van der Waals surface area (Å²) in [5.74, 6) is 0. The number of aromatic amines is 1. The Morgan fingerprint density at radius 2 is 2.00 bits per heavy atom. The molecule has 21 heavy (non-hydrogen) atoms. The lowest BCUT2D eigenvalue weighted by atomic mass is 10.2. The Balaban J connectivity index is 2.54. The number of pyridine rings is 1. The Labute approximate surface area is 128 Å². The summed E-state index contributed by atoms with van der Waals surface area (Å²) < 4.78 is 26.6. The van der Waals surface area contributed by atoms with Crippen LogP contribution in [0, 0.1) is 6.92 Å². The molecule has 0 atom stereocenters. The van der Waals surface area contributed by atoms with Gasteiger partial charge in [-0.2, -0.15) is 0 Å². The topological polar surface area (TPSA) is 70.2 Å². The predicted molar refractivity (Wildman–Crippen MR) is 83.5 cm³/mol. The lowest BCUT2D eigenvalue weighted by Crippen LogP contribution is -2.31. The first-order valence-electron chi connectivity index (χ1n) is 6.34. The van der Waals surface area contributed by atoms with Crippen molar-refractivity contribution in [3.63, 3.8) is 0 Å². The van der Waals surface area contributed by atoms with Crippen molar-refractivity contribution >= 4 is 27.3 Å². The third-order valence-corrected chi connectivity index (χ3v) is 5.16. The number of aryl methyl sites for hydroxylation is 1. The van der Waals surface area contributed by atoms with Gasteiger partial charge in [-0.05, 0) is 37.6 Å². The average molecular weight is 327 g/mol. The van der Waals surface area contributed by atoms with Gasteiger partial charge in [0.2, 0.25) is 0 Å². The van der Waals surface area contributed by atoms with Gasteiger partial charge in [0.25, 0.3) is 15.6 Å². The maximum Gasteiger partial charge on any atom is 0.266 e. The van der Waals surface area contributed by atoms with Crippen molar-refractivity contribution in [2.75, 3.05) is 10.8 Å². The third-order valence-electron chi connectivity index (χ3n) is 3.00. The van der Waals surface area contributed by atoms with E-state index in [9.17, 15) is 13.2 Å². The molecule has 0 saturated heterocycles. The Kier molecular flexibility index (Phi) is 4.39. The summed E-state index contributed by atoms with van der Waals surface area (Å²) >= 11 is 5.71. The van der Waals surface area contributed by atoms with E-state index < -0.39 is 15.6 Å². The molecule has 1 aromatic carbocycles. The van der Waals surface area contributed by atoms with E-state index in [0.717, 1.165) is 17.8 Å². The fraction of sp³-hybridized carbons (Fsp3) is 0.214. The minimum absolute atomic E-state index is 0.0459. The second kappa shape index (κ2) is 5.91. The number of nitrogens with zero attached hydrogens (tertiary/aromatic N) is 1. The van der Waals surface area contributed by atoms with Crippen molar-refractivity contribution < 1.29 is 8.42 Å². The van der Waals surface area contributed by atoms with Crippen molar-refractivity contribution in [3.05, 3.63) is 57.5 Å². The van der Waals surface area contributed by atoms with Gasteiger partial charge in [0.05, 0.1) is 5.69 Å². The molecule has 1 heterocycles. The zero-order valence-electron chi connectivity index (χ0n) is 11.6. The van der Waals surface area contributed by atoms with Crippen molar-refractivity contribution in [1.29, 1.82) is 0 Å². The first-order chi connectivity index (χ1) is 9.86. The van der Waals surface area contributed by atoms with Crippen LogP contribution in [0.1, 0.15) is 12.5 Å². The lowest BCUT2D eigenvalue weighted by Gasteiger charge is -2.23. The van der Waals surface area contributed by atoms with Gasteiger partial charge in [-0.1, -0.05) is 23.7 Å². The molecular formula is C14H15ClN2O3S. The van der Waals surface area contributed by atoms with Crippen LogP contribution in [0.5, 0.6) is 0 Å². The Morgan fingerprint density at radius 3 is 2.57 bits per heavy atom. The van der Waals surface area contributed by atoms with Gasteiger partial charge >= 0.3 is 0 Å². The molecule has 0 bridgehead atoms. The van der Waals surface area contributed by atoms with E-state index in [1.54, 1.807) is 25.1 Å². The van der Waals surface area contributed by atoms with E-state index in [0.29, 0.717) is 5.69 Å². The predicted octanol–water partition coefficient (Wildman–Crippen LogP) is 2.55. The lowest BCUT2D eigenvalue weighted by molar-refractivity contribution is 0.591. The summed E-state index contributed by atoms with van der Waals surface area (Å²) in [6.45, 7) is 3.90. The Morgan fingerprint density at radius 1 is 1.29 bits per heavy atom. The maximum absolute atomic E-state index is 12.7. The highest BCUT2D eigenvalue weighted by molar-refractivity contribution is 7.92. The molecule has 0 aliphatic carbocycles. The van der Waals surface area contributed by atoms with Gasteiger partial charge in [-0.3, -0.25) is 9.10 Å². The molecule has 2 rings (SSSR count). The highest BCUT2D eigenvalue weighted by Crippen LogP contribution is 2.24. The molecule has 1 aromatic heterocycles. The average Bonchev–Trinajstić information content (AvgIpc) is 2.42. The highest BCUT2D eigenvalue weighted by atomic mass is 35.5. The van der Waals surface area contributed by atoms with Gasteiger partial charge in [-0.15, -0.1) is 0 Å². The molecule has 0 aliphatic rings. The number of benzene rings is 1. The number of hydrogen-bond acceptors (Lipinski definition) is 3. The van der Waals surface area contributed by atoms with E-state index >= 15 is 0 Å². The fourth-order valence-corrected chi connectivity index (χ4v) is 3.69. The summed E-state index contributed by atoms with van der Waals surface area (Å²) in [4.78, 5) is 13.5. The van der Waals surface area contributed by atoms with Crippen LogP contribution in [0.4, 0.5) is 5.69 Å². The first-order valence-corrected chi connectivity index (χ1v) is 8.15. The minimum Gasteiger partial charge on any atom is -0.326 e. The van der Waals surface area contributed by atoms with Crippen LogP contribution >= 0.6 is 11.6 Å². The molecule has 0 unspecified atom stereocenters. The van der Waals surface area contributed by atoms with E-state index in [1.165, 1.54) is 4.31 Å². The van der Waals surface area contributed by atoms with Crippen LogP contribution in [0.25, 0.3) is 0 Å². The number of hydrogen-bond donors (Lipinski definition) is 1. The smallest absolute Gasteiger partial charge is 0.266 e. The van der Waals surface area contributed by atoms with E-state index in [4.69, 9.17) is 11.6 Å². The number of nitrogens with one attached hydrogen (secondary N) is 1. The van der Waals surface area contributed by atoms with Crippen LogP contribution < -0.4 is 9.86 Å². The first kappa shape index (κ1) is 15.6. The van der Waals surface area contributed by atoms with Crippen LogP contribution in [0.2, 0.25) is 5.02 Å². The number of aromatic nitrogens is 1. The summed E-state index contributed by atoms with van der Waals surface area (Å²) in [6.07, 6.45) is 1.15. The second-order valence-corrected chi connectivity index (χ2v) is 6.79. The summed E-state index contributed by atoms with van der Waals surface area (Å²) in [6, 6.07) is 8.35. The number of halogens is 1. The van der Waals surface area contributed by atoms with Crippen molar-refractivity contribution in [1.82, 2.24) is 4.98 Å². The van der Waals surface area contributed by atoms with Crippen molar-refractivity contribution in [2.24, 2.45) is 0 Å². The number of H-pyrrole nitrogens is 1. The van der Waals surface area contributed by atoms with E-state index in [-0.39, 0.29) is 16.5 Å². The normalized spacial score (nSPS) is 11.4. The largest absolute Gasteiger partial charge is 0.326 e. The van der Waals surface area contributed by atoms with Crippen LogP contribution in [-0.4, -0.2) is 19.9 Å². The second-order valence-electron chi connectivity index (χ2n) is 4.52. The number of sulfonamides is 1. The fourth-order valence-electron chi connectivity index (χ4n) is 1.99. The van der Waals surface area contributed by atoms with Crippen LogP contribution in [0.15, 0.2) is 46.2 Å². The maximum atomic E-state index is 12.7. The molecule has 0 spiro atoms. The van der Waals surface area contributed by atoms with Crippen molar-refractivity contribution in [2.45, 2.75) is 18.7 Å². The van der Waals surface area contributed by atoms with E-state index in [2.05, 4.69) is 4.98 Å². The van der Waals surface area contributed by atoms with Gasteiger partial charge in [-0.25, -0.2) is 8.42 Å². The number of rotatable bonds is 4. The quantitative estimate of drug-likeness (QED) is 0.938. The standard InChI is InChI=1S/C14H15ClN2O3S/c1-3-17(11-6-4-5-10(2)7-11)21(19,20)12-8-13(15)14(18)16-9-12/h4-9H,3H2,1-2H3,(H,16,18). The van der Waals surface area contributed by atoms with Crippen molar-refractivity contribution in [3.8, 4) is 0 Å². The highest BCUT2D eigenvalue weighted by Gasteiger charge is 2.24. The number of anilines is 1. The van der Waals surface area contributed by atoms with Crippen LogP contribution in [-0.2, 0) is 10.0 Å². The van der Waals surface area contributed by atoms with Gasteiger partial charge in [0, 0.05) is 12.7 Å². The molecule has 0 saturated carbocycles. The molecule has 7 heteroatoms. The zero-order valence-corrected chi connectivity index (χ0v) is 13.2. The molecule has 2 aromatic rings. The van der Waals surface area contributed by atoms with Gasteiger partial charge in [0.15, 0.2) is 0 Å². The Bertz CT molecular complexity index is 815. The van der Waals surface area contributed by atoms with Gasteiger partial charge in [0.1, 0.15) is 9.92 Å². The van der Waals surface area contributed by atoms with Crippen LogP contribution in [0.3, 0.4) is 0 Å². The molecular weight excluding hydrogens is 312 g/mol. The SMILES string of the molecule is CCN(c1cccc(C)c1)S(=O)(=O)c1c[nH]c(=O)c(Cl)c1. The Hall–Kier alpha value is -1.79. The summed E-state index contributed by atoms with van der Waals surface area (Å²) in [7, 11) is -3.78. The monoisotopic (exact) mass is 326 g/mol. The molecule has 112 valence electrons. The van der Waals surface area contributed by atoms with Gasteiger partial charge < -0.3 is 4.98 Å². The molecule has 0 amide bonds. The van der Waals surface area contributed by atoms with E-state index in [1.807, 2.05) is 13.0 Å². The zero-order chi connectivity index (χ0) is 15.6. The third kappa shape index (κ3) is 3.11. The molecule has 0 fully saturated rings. The summed E-state index contributed by atoms with van der Waals surface area (Å²) in [5.41, 5.74) is 1.01. The molecule has 0 aliphatic heterocycles. The molecule has 0 radical (unpaired) electrons. The summed E-state index contributed by atoms with van der Waals surface area (Å²) in [5, 5.41) is -0.156. The minimum atomic E-state index is -3.78. The molecule has 5 nitrogen and oxygen atoms in total.